The zero-order chi connectivity index (χ0) is 21.0. The molecule has 2 fully saturated rings. The second kappa shape index (κ2) is 9.25. The third kappa shape index (κ3) is 4.89. The molecule has 0 bridgehead atoms. The summed E-state index contributed by atoms with van der Waals surface area (Å²) in [4.78, 5) is 15.0. The van der Waals surface area contributed by atoms with Crippen molar-refractivity contribution in [2.24, 2.45) is 0 Å². The lowest BCUT2D eigenvalue weighted by Gasteiger charge is -2.39. The van der Waals surface area contributed by atoms with E-state index in [9.17, 15) is 4.79 Å². The molecule has 0 atom stereocenters. The number of hydrogen-bond acceptors (Lipinski definition) is 5. The lowest BCUT2D eigenvalue weighted by Crippen LogP contribution is -2.48. The SMILES string of the molecule is Cc1ccc(C2(CN3CCC(NC(=O)CCn4nnnc4C)CC3)CCCC2)cc1. The number of nitrogens with one attached hydrogen (secondary N) is 1. The molecule has 4 rings (SSSR count). The van der Waals surface area contributed by atoms with Gasteiger partial charge in [0.25, 0.3) is 0 Å². The predicted octanol–water partition coefficient (Wildman–Crippen LogP) is 2.77. The normalized spacial score (nSPS) is 19.8. The number of aryl methyl sites for hydroxylation is 3. The van der Waals surface area contributed by atoms with Gasteiger partial charge in [-0.05, 0) is 55.5 Å². The largest absolute Gasteiger partial charge is 0.353 e. The maximum Gasteiger partial charge on any atom is 0.222 e. The fourth-order valence-corrected chi connectivity index (χ4v) is 5.12. The van der Waals surface area contributed by atoms with Crippen molar-refractivity contribution in [2.75, 3.05) is 19.6 Å². The number of hydrogen-bond donors (Lipinski definition) is 1. The summed E-state index contributed by atoms with van der Waals surface area (Å²) >= 11 is 0. The van der Waals surface area contributed by atoms with Crippen molar-refractivity contribution in [1.82, 2.24) is 30.4 Å². The second-order valence-electron chi connectivity index (χ2n) is 9.17. The summed E-state index contributed by atoms with van der Waals surface area (Å²) in [6, 6.07) is 9.49. The van der Waals surface area contributed by atoms with E-state index < -0.39 is 0 Å². The molecule has 1 saturated carbocycles. The summed E-state index contributed by atoms with van der Waals surface area (Å²) in [5, 5.41) is 14.6. The predicted molar refractivity (Wildman–Crippen MR) is 116 cm³/mol. The monoisotopic (exact) mass is 410 g/mol. The van der Waals surface area contributed by atoms with Crippen LogP contribution in [0.2, 0.25) is 0 Å². The molecule has 7 heteroatoms. The third-order valence-corrected chi connectivity index (χ3v) is 6.97. The van der Waals surface area contributed by atoms with Gasteiger partial charge in [0.2, 0.25) is 5.91 Å². The Morgan fingerprint density at radius 2 is 1.83 bits per heavy atom. The number of nitrogens with zero attached hydrogens (tertiary/aromatic N) is 5. The number of amides is 1. The Bertz CT molecular complexity index is 832. The third-order valence-electron chi connectivity index (χ3n) is 6.97. The van der Waals surface area contributed by atoms with E-state index in [4.69, 9.17) is 0 Å². The highest BCUT2D eigenvalue weighted by Crippen LogP contribution is 2.42. The molecule has 0 spiro atoms. The van der Waals surface area contributed by atoms with Crippen LogP contribution in [0.3, 0.4) is 0 Å². The molecule has 0 radical (unpaired) electrons. The lowest BCUT2D eigenvalue weighted by atomic mass is 9.77. The number of aromatic nitrogens is 4. The summed E-state index contributed by atoms with van der Waals surface area (Å²) in [5.41, 5.74) is 3.16. The maximum absolute atomic E-state index is 12.3. The van der Waals surface area contributed by atoms with Gasteiger partial charge in [-0.2, -0.15) is 0 Å². The molecule has 1 aliphatic heterocycles. The van der Waals surface area contributed by atoms with E-state index >= 15 is 0 Å². The molecular weight excluding hydrogens is 376 g/mol. The minimum absolute atomic E-state index is 0.0928. The molecule has 1 saturated heterocycles. The fraction of sp³-hybridized carbons (Fsp3) is 0.652. The van der Waals surface area contributed by atoms with E-state index in [1.165, 1.54) is 36.8 Å². The van der Waals surface area contributed by atoms with Gasteiger partial charge in [0, 0.05) is 37.5 Å². The Morgan fingerprint density at radius 1 is 1.13 bits per heavy atom. The van der Waals surface area contributed by atoms with Crippen LogP contribution >= 0.6 is 0 Å². The minimum atomic E-state index is 0.0928. The molecule has 0 unspecified atom stereocenters. The van der Waals surface area contributed by atoms with Crippen molar-refractivity contribution in [3.63, 3.8) is 0 Å². The quantitative estimate of drug-likeness (QED) is 0.760. The number of piperidine rings is 1. The van der Waals surface area contributed by atoms with Gasteiger partial charge in [-0.3, -0.25) is 4.79 Å². The molecule has 1 aromatic heterocycles. The van der Waals surface area contributed by atoms with E-state index in [0.717, 1.165) is 38.3 Å². The van der Waals surface area contributed by atoms with Crippen molar-refractivity contribution >= 4 is 5.91 Å². The molecule has 1 N–H and O–H groups in total. The van der Waals surface area contributed by atoms with Crippen LogP contribution in [0.4, 0.5) is 0 Å². The molecule has 7 nitrogen and oxygen atoms in total. The highest BCUT2D eigenvalue weighted by molar-refractivity contribution is 5.76. The van der Waals surface area contributed by atoms with Crippen molar-refractivity contribution < 1.29 is 4.79 Å². The van der Waals surface area contributed by atoms with Crippen LogP contribution in [0.15, 0.2) is 24.3 Å². The highest BCUT2D eigenvalue weighted by Gasteiger charge is 2.38. The Labute approximate surface area is 179 Å². The van der Waals surface area contributed by atoms with E-state index in [1.807, 2.05) is 6.92 Å². The Kier molecular flexibility index (Phi) is 6.46. The van der Waals surface area contributed by atoms with Gasteiger partial charge in [0.15, 0.2) is 0 Å². The van der Waals surface area contributed by atoms with Crippen LogP contribution < -0.4 is 5.32 Å². The van der Waals surface area contributed by atoms with Crippen molar-refractivity contribution in [1.29, 1.82) is 0 Å². The molecule has 2 aliphatic rings. The molecule has 2 heterocycles. The molecule has 1 amide bonds. The summed E-state index contributed by atoms with van der Waals surface area (Å²) in [5.74, 6) is 0.834. The number of carbonyl (C=O) groups excluding carboxylic acids is 1. The highest BCUT2D eigenvalue weighted by atomic mass is 16.1. The first-order valence-electron chi connectivity index (χ1n) is 11.4. The number of likely N-dealkylation sites (tertiary alicyclic amines) is 1. The van der Waals surface area contributed by atoms with Gasteiger partial charge in [-0.25, -0.2) is 4.68 Å². The Hall–Kier alpha value is -2.28. The van der Waals surface area contributed by atoms with Crippen molar-refractivity contribution in [3.8, 4) is 0 Å². The molecule has 162 valence electrons. The average Bonchev–Trinajstić information content (AvgIpc) is 3.38. The number of benzene rings is 1. The molecular formula is C23H34N6O. The van der Waals surface area contributed by atoms with Gasteiger partial charge < -0.3 is 10.2 Å². The van der Waals surface area contributed by atoms with E-state index in [2.05, 4.69) is 56.9 Å². The summed E-state index contributed by atoms with van der Waals surface area (Å²) in [7, 11) is 0. The number of carbonyl (C=O) groups is 1. The van der Waals surface area contributed by atoms with Crippen LogP contribution in [0.5, 0.6) is 0 Å². The number of rotatable bonds is 7. The van der Waals surface area contributed by atoms with E-state index in [-0.39, 0.29) is 11.9 Å². The molecule has 30 heavy (non-hydrogen) atoms. The average molecular weight is 411 g/mol. The topological polar surface area (TPSA) is 75.9 Å². The fourth-order valence-electron chi connectivity index (χ4n) is 5.12. The summed E-state index contributed by atoms with van der Waals surface area (Å²) < 4.78 is 1.67. The van der Waals surface area contributed by atoms with Gasteiger partial charge in [0.05, 0.1) is 6.54 Å². The van der Waals surface area contributed by atoms with Crippen molar-refractivity contribution in [3.05, 3.63) is 41.2 Å². The molecule has 2 aromatic rings. The van der Waals surface area contributed by atoms with Gasteiger partial charge >= 0.3 is 0 Å². The van der Waals surface area contributed by atoms with Crippen molar-refractivity contribution in [2.45, 2.75) is 76.8 Å². The van der Waals surface area contributed by atoms with Crippen LogP contribution in [-0.4, -0.2) is 56.7 Å². The smallest absolute Gasteiger partial charge is 0.222 e. The first kappa shape index (κ1) is 21.0. The first-order chi connectivity index (χ1) is 14.5. The van der Waals surface area contributed by atoms with E-state index in [0.29, 0.717) is 18.4 Å². The standard InChI is InChI=1S/C23H34N6O/c1-18-5-7-20(8-6-18)23(12-3-4-13-23)17-28-14-9-21(10-15-28)24-22(30)11-16-29-19(2)25-26-27-29/h5-8,21H,3-4,9-17H2,1-2H3,(H,24,30). The van der Waals surface area contributed by atoms with Crippen LogP contribution in [0.1, 0.15) is 61.9 Å². The van der Waals surface area contributed by atoms with Gasteiger partial charge in [0.1, 0.15) is 5.82 Å². The van der Waals surface area contributed by atoms with Crippen LogP contribution in [0, 0.1) is 13.8 Å². The Balaban J connectivity index is 1.26. The zero-order valence-corrected chi connectivity index (χ0v) is 18.3. The minimum Gasteiger partial charge on any atom is -0.353 e. The zero-order valence-electron chi connectivity index (χ0n) is 18.3. The number of tetrazole rings is 1. The first-order valence-corrected chi connectivity index (χ1v) is 11.4. The van der Waals surface area contributed by atoms with Gasteiger partial charge in [-0.1, -0.05) is 42.7 Å². The van der Waals surface area contributed by atoms with Crippen LogP contribution in [0.25, 0.3) is 0 Å². The summed E-state index contributed by atoms with van der Waals surface area (Å²) in [6.07, 6.45) is 7.73. The molecule has 1 aliphatic carbocycles. The maximum atomic E-state index is 12.3. The second-order valence-corrected chi connectivity index (χ2v) is 9.17. The summed E-state index contributed by atoms with van der Waals surface area (Å²) in [6.45, 7) is 7.81. The Morgan fingerprint density at radius 3 is 2.47 bits per heavy atom. The molecule has 1 aromatic carbocycles. The lowest BCUT2D eigenvalue weighted by molar-refractivity contribution is -0.122. The van der Waals surface area contributed by atoms with Gasteiger partial charge in [-0.15, -0.1) is 5.10 Å². The van der Waals surface area contributed by atoms with E-state index in [1.54, 1.807) is 4.68 Å². The van der Waals surface area contributed by atoms with Crippen LogP contribution in [-0.2, 0) is 16.8 Å².